The Morgan fingerprint density at radius 2 is 1.69 bits per heavy atom. The first kappa shape index (κ1) is 22.0. The van der Waals surface area contributed by atoms with Crippen molar-refractivity contribution in [3.8, 4) is 0 Å². The summed E-state index contributed by atoms with van der Waals surface area (Å²) >= 11 is 0. The molecule has 5 aliphatic rings. The van der Waals surface area contributed by atoms with E-state index in [0.29, 0.717) is 40.3 Å². The van der Waals surface area contributed by atoms with E-state index in [1.807, 2.05) is 6.92 Å². The molecule has 2 aromatic rings. The molecule has 3 N–H and O–H groups in total. The van der Waals surface area contributed by atoms with Gasteiger partial charge >= 0.3 is 0 Å². The summed E-state index contributed by atoms with van der Waals surface area (Å²) in [4.78, 5) is 50.1. The van der Waals surface area contributed by atoms with Crippen LogP contribution in [0.1, 0.15) is 54.6 Å². The molecule has 10 heteroatoms. The lowest BCUT2D eigenvalue weighted by molar-refractivity contribution is -0.118. The number of piperidine rings is 1. The lowest BCUT2D eigenvalue weighted by Crippen LogP contribution is -2.50. The molecular weight excluding hydrogens is 458 g/mol. The number of carbonyl (C=O) groups is 2. The highest BCUT2D eigenvalue weighted by Crippen LogP contribution is 2.59. The fraction of sp³-hybridized carbons (Fsp3) is 0.577. The third kappa shape index (κ3) is 3.30. The van der Waals surface area contributed by atoms with Crippen molar-refractivity contribution >= 4 is 29.1 Å². The van der Waals surface area contributed by atoms with Crippen molar-refractivity contribution in [2.45, 2.75) is 51.1 Å². The molecule has 3 aliphatic carbocycles. The Morgan fingerprint density at radius 1 is 1.03 bits per heavy atom. The molecule has 4 fully saturated rings. The Labute approximate surface area is 208 Å². The van der Waals surface area contributed by atoms with Gasteiger partial charge in [-0.15, -0.1) is 0 Å². The zero-order valence-electron chi connectivity index (χ0n) is 20.6. The number of pyridine rings is 1. The maximum absolute atomic E-state index is 13.7. The summed E-state index contributed by atoms with van der Waals surface area (Å²) in [5.41, 5.74) is 1.10. The third-order valence-electron chi connectivity index (χ3n) is 9.34. The number of carbonyl (C=O) groups excluding carboxylic acids is 2. The van der Waals surface area contributed by atoms with E-state index in [9.17, 15) is 14.4 Å². The van der Waals surface area contributed by atoms with Gasteiger partial charge in [0, 0.05) is 25.1 Å². The molecule has 36 heavy (non-hydrogen) atoms. The molecule has 4 heterocycles. The van der Waals surface area contributed by atoms with E-state index in [1.54, 1.807) is 16.7 Å². The minimum absolute atomic E-state index is 0.00606. The number of hydrogen-bond donors (Lipinski definition) is 3. The molecule has 2 aliphatic heterocycles. The zero-order valence-corrected chi connectivity index (χ0v) is 20.6. The fourth-order valence-corrected chi connectivity index (χ4v) is 7.04. The molecule has 0 radical (unpaired) electrons. The molecule has 2 aromatic heterocycles. The molecule has 2 amide bonds. The summed E-state index contributed by atoms with van der Waals surface area (Å²) in [6, 6.07) is 3.35. The summed E-state index contributed by atoms with van der Waals surface area (Å²) in [6.45, 7) is 3.78. The quantitative estimate of drug-likeness (QED) is 0.602. The van der Waals surface area contributed by atoms with Crippen molar-refractivity contribution in [2.75, 3.05) is 30.8 Å². The Bertz CT molecular complexity index is 1340. The molecule has 7 rings (SSSR count). The van der Waals surface area contributed by atoms with E-state index in [1.165, 1.54) is 19.2 Å². The molecule has 3 atom stereocenters. The number of amides is 2. The van der Waals surface area contributed by atoms with Crippen LogP contribution in [-0.2, 0) is 10.5 Å². The second kappa shape index (κ2) is 7.38. The van der Waals surface area contributed by atoms with Gasteiger partial charge in [0.1, 0.15) is 35.0 Å². The molecule has 1 unspecified atom stereocenters. The highest BCUT2D eigenvalue weighted by atomic mass is 16.2. The van der Waals surface area contributed by atoms with Crippen molar-refractivity contribution in [3.63, 3.8) is 0 Å². The molecular formula is C26H31N7O3. The van der Waals surface area contributed by atoms with E-state index in [-0.39, 0.29) is 23.3 Å². The van der Waals surface area contributed by atoms with Crippen molar-refractivity contribution in [1.29, 1.82) is 0 Å². The number of aromatic nitrogens is 3. The Balaban J connectivity index is 1.14. The molecule has 3 saturated carbocycles. The summed E-state index contributed by atoms with van der Waals surface area (Å²) in [5.74, 6) is 1.55. The smallest absolute Gasteiger partial charge is 0.276 e. The van der Waals surface area contributed by atoms with Gasteiger partial charge in [-0.1, -0.05) is 0 Å². The summed E-state index contributed by atoms with van der Waals surface area (Å²) < 4.78 is 1.69. The number of rotatable bonds is 4. The number of aryl methyl sites for hydroxylation is 1. The van der Waals surface area contributed by atoms with Gasteiger partial charge in [0.2, 0.25) is 5.91 Å². The van der Waals surface area contributed by atoms with Gasteiger partial charge in [-0.3, -0.25) is 19.0 Å². The summed E-state index contributed by atoms with van der Waals surface area (Å²) in [6.07, 6.45) is 7.50. The first-order valence-corrected chi connectivity index (χ1v) is 13.0. The second-order valence-electron chi connectivity index (χ2n) is 11.7. The summed E-state index contributed by atoms with van der Waals surface area (Å²) in [5, 5.41) is 9.21. The number of fused-ring (bicyclic) bond motifs is 3. The molecule has 188 valence electrons. The largest absolute Gasteiger partial charge is 0.336 e. The van der Waals surface area contributed by atoms with Gasteiger partial charge in [-0.05, 0) is 81.4 Å². The van der Waals surface area contributed by atoms with Crippen LogP contribution in [-0.4, -0.2) is 51.4 Å². The highest BCUT2D eigenvalue weighted by Gasteiger charge is 2.58. The van der Waals surface area contributed by atoms with Gasteiger partial charge in [-0.2, -0.15) is 0 Å². The highest BCUT2D eigenvalue weighted by molar-refractivity contribution is 5.97. The standard InChI is InChI=1S/C26H31N7O3/c1-14-9-17(24(36)33-21(14)23(35)31-26(33)7-5-25(3-4-25)6-8-26)29-18-10-19(28-13-27-18)30-22(34)20-15-11-32(2)12-16(15)20/h9-10,13,15-16,20H,3-8,11-12H2,1-2H3,(H,31,35)(H2,27,28,29,30,34)/t15-,16+,20?. The summed E-state index contributed by atoms with van der Waals surface area (Å²) in [7, 11) is 2.08. The number of likely N-dealkylation sites (tertiary alicyclic amines) is 1. The van der Waals surface area contributed by atoms with E-state index in [2.05, 4.69) is 37.9 Å². The molecule has 1 saturated heterocycles. The van der Waals surface area contributed by atoms with E-state index >= 15 is 0 Å². The fourth-order valence-electron chi connectivity index (χ4n) is 7.04. The average molecular weight is 490 g/mol. The van der Waals surface area contributed by atoms with E-state index in [4.69, 9.17) is 0 Å². The van der Waals surface area contributed by atoms with Gasteiger partial charge in [-0.25, -0.2) is 9.97 Å². The molecule has 2 spiro atoms. The van der Waals surface area contributed by atoms with Crippen LogP contribution >= 0.6 is 0 Å². The number of hydrogen-bond acceptors (Lipinski definition) is 7. The Hall–Kier alpha value is -3.27. The normalized spacial score (nSPS) is 28.5. The van der Waals surface area contributed by atoms with Crippen LogP contribution in [0.5, 0.6) is 0 Å². The topological polar surface area (TPSA) is 121 Å². The van der Waals surface area contributed by atoms with Crippen LogP contribution in [0.25, 0.3) is 0 Å². The lowest BCUT2D eigenvalue weighted by atomic mass is 9.79. The number of anilines is 3. The molecule has 0 aromatic carbocycles. The second-order valence-corrected chi connectivity index (χ2v) is 11.7. The van der Waals surface area contributed by atoms with Gasteiger partial charge in [0.05, 0.1) is 0 Å². The van der Waals surface area contributed by atoms with Crippen LogP contribution < -0.4 is 21.5 Å². The van der Waals surface area contributed by atoms with Crippen LogP contribution in [0.3, 0.4) is 0 Å². The first-order chi connectivity index (χ1) is 17.3. The van der Waals surface area contributed by atoms with Crippen molar-refractivity contribution in [1.82, 2.24) is 24.8 Å². The predicted octanol–water partition coefficient (Wildman–Crippen LogP) is 2.19. The Kier molecular flexibility index (Phi) is 4.50. The minimum Gasteiger partial charge on any atom is -0.336 e. The van der Waals surface area contributed by atoms with Crippen LogP contribution in [0.15, 0.2) is 23.3 Å². The predicted molar refractivity (Wildman–Crippen MR) is 133 cm³/mol. The van der Waals surface area contributed by atoms with Gasteiger partial charge in [0.25, 0.3) is 11.5 Å². The van der Waals surface area contributed by atoms with E-state index < -0.39 is 5.66 Å². The lowest BCUT2D eigenvalue weighted by Gasteiger charge is -2.39. The van der Waals surface area contributed by atoms with Crippen LogP contribution in [0.2, 0.25) is 0 Å². The number of nitrogens with zero attached hydrogens (tertiary/aromatic N) is 4. The molecule has 10 nitrogen and oxygen atoms in total. The van der Waals surface area contributed by atoms with Crippen LogP contribution in [0.4, 0.5) is 17.3 Å². The molecule has 0 bridgehead atoms. The maximum Gasteiger partial charge on any atom is 0.276 e. The van der Waals surface area contributed by atoms with Gasteiger partial charge in [0.15, 0.2) is 0 Å². The zero-order chi connectivity index (χ0) is 24.8. The number of nitrogens with one attached hydrogen (secondary N) is 3. The van der Waals surface area contributed by atoms with Gasteiger partial charge < -0.3 is 20.9 Å². The van der Waals surface area contributed by atoms with Crippen molar-refractivity contribution in [2.24, 2.45) is 23.2 Å². The van der Waals surface area contributed by atoms with Crippen LogP contribution in [0, 0.1) is 30.1 Å². The first-order valence-electron chi connectivity index (χ1n) is 13.0. The Morgan fingerprint density at radius 3 is 2.39 bits per heavy atom. The maximum atomic E-state index is 13.7. The SMILES string of the molecule is Cc1cc(Nc2cc(NC(=O)C3[C@H]4CN(C)C[C@@H]34)ncn2)c(=O)n2c1C(=O)NC21CCC2(CC2)CC1. The van der Waals surface area contributed by atoms with Crippen molar-refractivity contribution < 1.29 is 9.59 Å². The average Bonchev–Trinajstić information content (AvgIpc) is 3.68. The van der Waals surface area contributed by atoms with Crippen molar-refractivity contribution in [3.05, 3.63) is 40.1 Å². The third-order valence-corrected chi connectivity index (χ3v) is 9.34. The monoisotopic (exact) mass is 489 g/mol. The van der Waals surface area contributed by atoms with E-state index in [0.717, 1.165) is 44.3 Å². The minimum atomic E-state index is -0.652.